The van der Waals surface area contributed by atoms with E-state index in [1.54, 1.807) is 0 Å². The first kappa shape index (κ1) is 24.0. The third-order valence-corrected chi connectivity index (χ3v) is 4.25. The van der Waals surface area contributed by atoms with E-state index in [-0.39, 0.29) is 52.3 Å². The zero-order valence-electron chi connectivity index (χ0n) is 15.2. The number of benzene rings is 2. The molecule has 3 rings (SSSR count). The quantitative estimate of drug-likeness (QED) is 0.254. The smallest absolute Gasteiger partial charge is 0.272 e. The number of rotatable bonds is 5. The van der Waals surface area contributed by atoms with Crippen LogP contribution in [0.25, 0.3) is 0 Å². The van der Waals surface area contributed by atoms with Crippen molar-refractivity contribution in [3.63, 3.8) is 0 Å². The fourth-order valence-corrected chi connectivity index (χ4v) is 2.65. The van der Waals surface area contributed by atoms with Gasteiger partial charge in [0, 0.05) is 24.4 Å². The minimum absolute atomic E-state index is 0. The molecule has 0 bridgehead atoms. The summed E-state index contributed by atoms with van der Waals surface area (Å²) in [6.07, 6.45) is 0. The number of nitrogens with one attached hydrogen (secondary N) is 3. The van der Waals surface area contributed by atoms with Crippen molar-refractivity contribution in [2.75, 3.05) is 11.1 Å². The van der Waals surface area contributed by atoms with Gasteiger partial charge in [-0.25, -0.2) is 17.6 Å². The van der Waals surface area contributed by atoms with Crippen LogP contribution in [0.3, 0.4) is 0 Å². The van der Waals surface area contributed by atoms with Gasteiger partial charge in [0.15, 0.2) is 29.0 Å². The molecule has 0 atom stereocenters. The Morgan fingerprint density at radius 1 is 0.968 bits per heavy atom. The van der Waals surface area contributed by atoms with E-state index in [0.29, 0.717) is 12.1 Å². The van der Waals surface area contributed by atoms with Gasteiger partial charge >= 0.3 is 0 Å². The molecule has 7 nitrogen and oxygen atoms in total. The van der Waals surface area contributed by atoms with Crippen LogP contribution in [0, 0.1) is 23.3 Å². The maximum Gasteiger partial charge on any atom is 0.272 e. The summed E-state index contributed by atoms with van der Waals surface area (Å²) in [5, 5.41) is 10.5. The summed E-state index contributed by atoms with van der Waals surface area (Å²) in [6, 6.07) is 4.09. The number of halogens is 6. The minimum atomic E-state index is -1.26. The van der Waals surface area contributed by atoms with Crippen LogP contribution >= 0.6 is 24.0 Å². The number of aromatic nitrogens is 2. The molecule has 2 aromatic carbocycles. The molecule has 0 radical (unpaired) electrons. The average Bonchev–Trinajstić information content (AvgIpc) is 3.14. The molecule has 0 spiro atoms. The largest absolute Gasteiger partial charge is 0.398 e. The van der Waals surface area contributed by atoms with Gasteiger partial charge in [-0.2, -0.15) is 5.10 Å². The van der Waals surface area contributed by atoms with Gasteiger partial charge in [-0.15, -0.1) is 12.4 Å². The van der Waals surface area contributed by atoms with Crippen LogP contribution in [-0.4, -0.2) is 22.0 Å². The summed E-state index contributed by atoms with van der Waals surface area (Å²) in [6.45, 7) is -0.207. The Balaban J connectivity index is 0.00000341. The van der Waals surface area contributed by atoms with Crippen molar-refractivity contribution in [1.29, 1.82) is 0 Å². The molecule has 3 aromatic rings. The Bertz CT molecular complexity index is 1160. The van der Waals surface area contributed by atoms with Crippen molar-refractivity contribution < 1.29 is 27.2 Å². The second-order valence-corrected chi connectivity index (χ2v) is 6.42. The number of H-pyrrole nitrogens is 1. The molecular weight excluding hydrogens is 465 g/mol. The topological polar surface area (TPSA) is 113 Å². The van der Waals surface area contributed by atoms with Gasteiger partial charge in [0.2, 0.25) is 0 Å². The Kier molecular flexibility index (Phi) is 7.47. The standard InChI is InChI=1S/C18H12ClF4N5O2.ClH/c19-9-3-12(22)11(21)2-8(9)17(29)26-16-5-15(27-28-16)18(30)25-6-7-1-10(20)13(23)4-14(7)24;/h1-5H,6,24H2,(H,25,30)(H2,26,27,28,29);1H. The second kappa shape index (κ2) is 9.67. The van der Waals surface area contributed by atoms with Gasteiger partial charge in [0.25, 0.3) is 11.8 Å². The number of anilines is 2. The molecule has 1 aromatic heterocycles. The number of hydrogen-bond acceptors (Lipinski definition) is 4. The lowest BCUT2D eigenvalue weighted by Crippen LogP contribution is -2.23. The van der Waals surface area contributed by atoms with Gasteiger partial charge in [-0.1, -0.05) is 11.6 Å². The van der Waals surface area contributed by atoms with Gasteiger partial charge in [-0.3, -0.25) is 14.7 Å². The van der Waals surface area contributed by atoms with Crippen LogP contribution in [0.2, 0.25) is 5.02 Å². The maximum atomic E-state index is 13.3. The predicted octanol–water partition coefficient (Wildman–Crippen LogP) is 3.81. The molecule has 164 valence electrons. The van der Waals surface area contributed by atoms with Crippen LogP contribution in [0.4, 0.5) is 29.1 Å². The first-order valence-corrected chi connectivity index (χ1v) is 8.56. The second-order valence-electron chi connectivity index (χ2n) is 6.01. The monoisotopic (exact) mass is 477 g/mol. The number of nitrogens with zero attached hydrogens (tertiary/aromatic N) is 1. The SMILES string of the molecule is Cl.Nc1cc(F)c(F)cc1CNC(=O)c1cc(NC(=O)c2cc(F)c(F)cc2Cl)[nH]n1. The van der Waals surface area contributed by atoms with Gasteiger partial charge in [0.1, 0.15) is 5.82 Å². The highest BCUT2D eigenvalue weighted by atomic mass is 35.5. The Labute approximate surface area is 183 Å². The van der Waals surface area contributed by atoms with Gasteiger partial charge in [0.05, 0.1) is 10.6 Å². The van der Waals surface area contributed by atoms with Crippen molar-refractivity contribution >= 4 is 47.3 Å². The van der Waals surface area contributed by atoms with E-state index < -0.39 is 35.1 Å². The van der Waals surface area contributed by atoms with E-state index in [1.807, 2.05) is 0 Å². The summed E-state index contributed by atoms with van der Waals surface area (Å²) >= 11 is 5.73. The van der Waals surface area contributed by atoms with E-state index in [9.17, 15) is 27.2 Å². The number of aromatic amines is 1. The van der Waals surface area contributed by atoms with Crippen LogP contribution < -0.4 is 16.4 Å². The van der Waals surface area contributed by atoms with E-state index in [0.717, 1.165) is 18.2 Å². The number of carbonyl (C=O) groups is 2. The molecule has 0 aliphatic carbocycles. The van der Waals surface area contributed by atoms with Crippen molar-refractivity contribution in [3.05, 3.63) is 75.4 Å². The van der Waals surface area contributed by atoms with Crippen LogP contribution in [0.1, 0.15) is 26.4 Å². The third kappa shape index (κ3) is 5.44. The molecule has 31 heavy (non-hydrogen) atoms. The molecule has 13 heteroatoms. The lowest BCUT2D eigenvalue weighted by atomic mass is 10.1. The highest BCUT2D eigenvalue weighted by Gasteiger charge is 2.18. The van der Waals surface area contributed by atoms with Gasteiger partial charge in [-0.05, 0) is 23.8 Å². The summed E-state index contributed by atoms with van der Waals surface area (Å²) in [5.41, 5.74) is 5.20. The average molecular weight is 478 g/mol. The molecule has 1 heterocycles. The molecule has 0 unspecified atom stereocenters. The Hall–Kier alpha value is -3.31. The van der Waals surface area contributed by atoms with Crippen LogP contribution in [0.5, 0.6) is 0 Å². The Morgan fingerprint density at radius 3 is 2.29 bits per heavy atom. The molecule has 5 N–H and O–H groups in total. The minimum Gasteiger partial charge on any atom is -0.398 e. The van der Waals surface area contributed by atoms with E-state index in [4.69, 9.17) is 17.3 Å². The normalized spacial score (nSPS) is 10.4. The molecule has 0 aliphatic heterocycles. The van der Waals surface area contributed by atoms with Crippen LogP contribution in [0.15, 0.2) is 30.3 Å². The fourth-order valence-electron chi connectivity index (χ4n) is 2.41. The lowest BCUT2D eigenvalue weighted by molar-refractivity contribution is 0.0945. The summed E-state index contributed by atoms with van der Waals surface area (Å²) in [7, 11) is 0. The van der Waals surface area contributed by atoms with Crippen molar-refractivity contribution in [2.45, 2.75) is 6.54 Å². The molecule has 2 amide bonds. The molecule has 0 aliphatic rings. The number of carbonyl (C=O) groups excluding carboxylic acids is 2. The number of amides is 2. The summed E-state index contributed by atoms with van der Waals surface area (Å²) < 4.78 is 52.8. The molecule has 0 saturated carbocycles. The molecular formula is C18H13Cl2F4N5O2. The van der Waals surface area contributed by atoms with E-state index in [2.05, 4.69) is 20.8 Å². The van der Waals surface area contributed by atoms with Gasteiger partial charge < -0.3 is 16.4 Å². The summed E-state index contributed by atoms with van der Waals surface area (Å²) in [4.78, 5) is 24.3. The third-order valence-electron chi connectivity index (χ3n) is 3.93. The predicted molar refractivity (Wildman–Crippen MR) is 107 cm³/mol. The number of nitrogen functional groups attached to an aromatic ring is 1. The number of nitrogens with two attached hydrogens (primary N) is 1. The Morgan fingerprint density at radius 2 is 1.58 bits per heavy atom. The highest BCUT2D eigenvalue weighted by Crippen LogP contribution is 2.21. The van der Waals surface area contributed by atoms with Crippen molar-refractivity contribution in [2.24, 2.45) is 0 Å². The van der Waals surface area contributed by atoms with E-state index in [1.165, 1.54) is 0 Å². The zero-order valence-corrected chi connectivity index (χ0v) is 16.8. The summed E-state index contributed by atoms with van der Waals surface area (Å²) in [5.74, 6) is -6.31. The number of hydrogen-bond donors (Lipinski definition) is 4. The zero-order chi connectivity index (χ0) is 22.0. The highest BCUT2D eigenvalue weighted by molar-refractivity contribution is 6.34. The lowest BCUT2D eigenvalue weighted by Gasteiger charge is -2.07. The fraction of sp³-hybridized carbons (Fsp3) is 0.0556. The first-order valence-electron chi connectivity index (χ1n) is 8.18. The van der Waals surface area contributed by atoms with Crippen molar-refractivity contribution in [1.82, 2.24) is 15.5 Å². The first-order chi connectivity index (χ1) is 14.2. The maximum absolute atomic E-state index is 13.3. The van der Waals surface area contributed by atoms with E-state index >= 15 is 0 Å². The molecule has 0 fully saturated rings. The van der Waals surface area contributed by atoms with Crippen molar-refractivity contribution in [3.8, 4) is 0 Å². The van der Waals surface area contributed by atoms with Crippen LogP contribution in [-0.2, 0) is 6.54 Å². The molecule has 0 saturated heterocycles.